The molecule has 2 aromatic carbocycles. The van der Waals surface area contributed by atoms with Crippen LogP contribution in [0.15, 0.2) is 83.2 Å². The standard InChI is InChI=1S/C44H60N2O10/c1-7-53-39(47)35-31(27-43(5,51)37(41(49)55-9-3)33(35)29-21-15-13-16-22-29)45-25-19-11-12-20-26-46-32-28-44(6,52)38(42(50)56-10-4)34(30-23-17-14-18-24-30)36(32)40(48)54-8-2/h13-18,21-24,33-34,37-38,45-46,51-52H,7-12,19-20,25-28H2,1-6H3. The minimum Gasteiger partial charge on any atom is -0.466 e. The van der Waals surface area contributed by atoms with Crippen LogP contribution in [0, 0.1) is 11.8 Å². The van der Waals surface area contributed by atoms with Crippen molar-refractivity contribution in [1.82, 2.24) is 10.6 Å². The van der Waals surface area contributed by atoms with E-state index in [9.17, 15) is 29.4 Å². The lowest BCUT2D eigenvalue weighted by atomic mass is 9.66. The summed E-state index contributed by atoms with van der Waals surface area (Å²) in [5.41, 5.74) is 0.115. The predicted molar refractivity (Wildman–Crippen MR) is 211 cm³/mol. The Kier molecular flexibility index (Phi) is 16.1. The number of esters is 4. The molecule has 12 nitrogen and oxygen atoms in total. The summed E-state index contributed by atoms with van der Waals surface area (Å²) in [4.78, 5) is 53.8. The molecule has 306 valence electrons. The first-order valence-corrected chi connectivity index (χ1v) is 20.0. The second kappa shape index (κ2) is 20.5. The van der Waals surface area contributed by atoms with E-state index in [1.807, 2.05) is 60.7 Å². The lowest BCUT2D eigenvalue weighted by Gasteiger charge is -2.43. The topological polar surface area (TPSA) is 170 Å². The van der Waals surface area contributed by atoms with Crippen LogP contribution in [-0.2, 0) is 38.1 Å². The average molecular weight is 777 g/mol. The summed E-state index contributed by atoms with van der Waals surface area (Å²) in [6, 6.07) is 18.4. The van der Waals surface area contributed by atoms with Crippen molar-refractivity contribution in [3.05, 3.63) is 94.3 Å². The van der Waals surface area contributed by atoms with Gasteiger partial charge in [0.05, 0.1) is 60.6 Å². The maximum Gasteiger partial charge on any atom is 0.336 e. The molecule has 2 aromatic rings. The molecule has 6 unspecified atom stereocenters. The fraction of sp³-hybridized carbons (Fsp3) is 0.545. The number of benzene rings is 2. The van der Waals surface area contributed by atoms with Crippen molar-refractivity contribution in [2.45, 2.75) is 103 Å². The average Bonchev–Trinajstić information content (AvgIpc) is 3.15. The lowest BCUT2D eigenvalue weighted by Crippen LogP contribution is -2.50. The van der Waals surface area contributed by atoms with Gasteiger partial charge in [0.1, 0.15) is 0 Å². The number of aliphatic hydroxyl groups is 2. The molecule has 2 aliphatic carbocycles. The highest BCUT2D eigenvalue weighted by Crippen LogP contribution is 2.49. The maximum atomic E-state index is 13.6. The number of nitrogens with one attached hydrogen (secondary N) is 2. The van der Waals surface area contributed by atoms with E-state index in [1.165, 1.54) is 0 Å². The third-order valence-corrected chi connectivity index (χ3v) is 10.5. The SMILES string of the molecule is CCOC(=O)C1=C(NCCCCCCNC2=C(C(=O)OCC)C(c3ccccc3)C(C(=O)OCC)C(C)(O)C2)CC(C)(O)C(C(=O)OCC)C1c1ccccc1. The molecule has 0 saturated carbocycles. The summed E-state index contributed by atoms with van der Waals surface area (Å²) < 4.78 is 21.8. The summed E-state index contributed by atoms with van der Waals surface area (Å²) in [5.74, 6) is -5.83. The number of unbranched alkanes of at least 4 members (excludes halogenated alkanes) is 3. The molecule has 4 rings (SSSR count). The van der Waals surface area contributed by atoms with Crippen LogP contribution in [0.1, 0.15) is 103 Å². The number of carbonyl (C=O) groups is 4. The zero-order chi connectivity index (χ0) is 40.9. The minimum atomic E-state index is -1.51. The molecule has 0 aromatic heterocycles. The van der Waals surface area contributed by atoms with Gasteiger partial charge in [-0.15, -0.1) is 0 Å². The number of ether oxygens (including phenoxy) is 4. The molecule has 2 aliphatic rings. The second-order valence-corrected chi connectivity index (χ2v) is 14.8. The molecule has 0 spiro atoms. The molecule has 0 amide bonds. The van der Waals surface area contributed by atoms with E-state index in [4.69, 9.17) is 18.9 Å². The molecule has 12 heteroatoms. The largest absolute Gasteiger partial charge is 0.466 e. The van der Waals surface area contributed by atoms with Crippen LogP contribution in [0.2, 0.25) is 0 Å². The predicted octanol–water partition coefficient (Wildman–Crippen LogP) is 5.60. The number of hydrogen-bond donors (Lipinski definition) is 4. The Labute approximate surface area is 331 Å². The van der Waals surface area contributed by atoms with Crippen molar-refractivity contribution >= 4 is 23.9 Å². The van der Waals surface area contributed by atoms with Gasteiger partial charge < -0.3 is 39.8 Å². The summed E-state index contributed by atoms with van der Waals surface area (Å²) in [6.45, 7) is 11.7. The Hall–Kier alpha value is -4.68. The number of hydrogen-bond acceptors (Lipinski definition) is 12. The van der Waals surface area contributed by atoms with E-state index < -0.39 is 58.8 Å². The monoisotopic (exact) mass is 776 g/mol. The van der Waals surface area contributed by atoms with E-state index in [2.05, 4.69) is 10.6 Å². The van der Waals surface area contributed by atoms with Crippen LogP contribution in [0.4, 0.5) is 0 Å². The molecule has 0 radical (unpaired) electrons. The van der Waals surface area contributed by atoms with Gasteiger partial charge in [0.15, 0.2) is 0 Å². The first-order chi connectivity index (χ1) is 26.8. The van der Waals surface area contributed by atoms with Crippen molar-refractivity contribution in [2.75, 3.05) is 39.5 Å². The Morgan fingerprint density at radius 1 is 0.571 bits per heavy atom. The fourth-order valence-electron chi connectivity index (χ4n) is 8.15. The van der Waals surface area contributed by atoms with Crippen molar-refractivity contribution in [3.63, 3.8) is 0 Å². The molecule has 0 fully saturated rings. The first-order valence-electron chi connectivity index (χ1n) is 20.0. The summed E-state index contributed by atoms with van der Waals surface area (Å²) in [7, 11) is 0. The zero-order valence-corrected chi connectivity index (χ0v) is 33.7. The highest BCUT2D eigenvalue weighted by atomic mass is 16.5. The van der Waals surface area contributed by atoms with Crippen molar-refractivity contribution < 1.29 is 48.3 Å². The summed E-state index contributed by atoms with van der Waals surface area (Å²) >= 11 is 0. The van der Waals surface area contributed by atoms with Crippen molar-refractivity contribution in [1.29, 1.82) is 0 Å². The Bertz CT molecular complexity index is 1580. The van der Waals surface area contributed by atoms with Gasteiger partial charge in [-0.25, -0.2) is 9.59 Å². The first kappa shape index (κ1) is 44.0. The van der Waals surface area contributed by atoms with Crippen LogP contribution >= 0.6 is 0 Å². The van der Waals surface area contributed by atoms with Gasteiger partial charge in [-0.2, -0.15) is 0 Å². The maximum absolute atomic E-state index is 13.6. The highest BCUT2D eigenvalue weighted by Gasteiger charge is 2.53. The quantitative estimate of drug-likeness (QED) is 0.0794. The molecule has 4 N–H and O–H groups in total. The number of carbonyl (C=O) groups excluding carboxylic acids is 4. The smallest absolute Gasteiger partial charge is 0.336 e. The van der Waals surface area contributed by atoms with Crippen LogP contribution in [-0.4, -0.2) is 84.8 Å². The Balaban J connectivity index is 1.48. The van der Waals surface area contributed by atoms with E-state index in [-0.39, 0.29) is 39.3 Å². The van der Waals surface area contributed by atoms with Crippen molar-refractivity contribution in [2.24, 2.45) is 11.8 Å². The molecule has 0 heterocycles. The van der Waals surface area contributed by atoms with E-state index in [0.29, 0.717) is 46.8 Å². The second-order valence-electron chi connectivity index (χ2n) is 14.8. The third-order valence-electron chi connectivity index (χ3n) is 10.5. The van der Waals surface area contributed by atoms with Gasteiger partial charge in [0, 0.05) is 49.2 Å². The van der Waals surface area contributed by atoms with Gasteiger partial charge in [-0.3, -0.25) is 9.59 Å². The van der Waals surface area contributed by atoms with Crippen molar-refractivity contribution in [3.8, 4) is 0 Å². The molecule has 56 heavy (non-hydrogen) atoms. The number of rotatable bonds is 19. The third kappa shape index (κ3) is 10.6. The van der Waals surface area contributed by atoms with Gasteiger partial charge in [0.2, 0.25) is 0 Å². The lowest BCUT2D eigenvalue weighted by molar-refractivity contribution is -0.161. The van der Waals surface area contributed by atoms with E-state index in [1.54, 1.807) is 41.5 Å². The highest BCUT2D eigenvalue weighted by molar-refractivity contribution is 5.94. The van der Waals surface area contributed by atoms with Gasteiger partial charge >= 0.3 is 23.9 Å². The molecule has 0 aliphatic heterocycles. The Morgan fingerprint density at radius 3 is 1.23 bits per heavy atom. The van der Waals surface area contributed by atoms with E-state index in [0.717, 1.165) is 25.7 Å². The summed E-state index contributed by atoms with van der Waals surface area (Å²) in [6.07, 6.45) is 3.25. The van der Waals surface area contributed by atoms with Gasteiger partial charge in [0.25, 0.3) is 0 Å². The normalized spacial score (nSPS) is 24.9. The molecule has 6 atom stereocenters. The van der Waals surface area contributed by atoms with Crippen LogP contribution < -0.4 is 10.6 Å². The minimum absolute atomic E-state index is 0.0422. The van der Waals surface area contributed by atoms with Crippen LogP contribution in [0.25, 0.3) is 0 Å². The molecule has 0 bridgehead atoms. The molecule has 0 saturated heterocycles. The fourth-order valence-corrected chi connectivity index (χ4v) is 8.15. The van der Waals surface area contributed by atoms with Crippen LogP contribution in [0.3, 0.4) is 0 Å². The molecular weight excluding hydrogens is 716 g/mol. The van der Waals surface area contributed by atoms with E-state index >= 15 is 0 Å². The van der Waals surface area contributed by atoms with Crippen LogP contribution in [0.5, 0.6) is 0 Å². The summed E-state index contributed by atoms with van der Waals surface area (Å²) in [5, 5.41) is 30.3. The molecular formula is C44H60N2O10. The van der Waals surface area contributed by atoms with Gasteiger partial charge in [-0.1, -0.05) is 73.5 Å². The zero-order valence-electron chi connectivity index (χ0n) is 33.7. The van der Waals surface area contributed by atoms with Gasteiger partial charge in [-0.05, 0) is 65.5 Å². The Morgan fingerprint density at radius 2 is 0.911 bits per heavy atom.